The van der Waals surface area contributed by atoms with Crippen molar-refractivity contribution >= 4 is 11.3 Å². The molecule has 0 amide bonds. The summed E-state index contributed by atoms with van der Waals surface area (Å²) in [7, 11) is 0. The number of halogens is 2. The second kappa shape index (κ2) is 5.59. The zero-order chi connectivity index (χ0) is 13.1. The van der Waals surface area contributed by atoms with Gasteiger partial charge in [-0.15, -0.1) is 11.3 Å². The first-order chi connectivity index (χ1) is 8.61. The van der Waals surface area contributed by atoms with Gasteiger partial charge in [-0.2, -0.15) is 0 Å². The topological polar surface area (TPSA) is 12.0 Å². The SMILES string of the molecule is CCNC(c1csc(C)c1)c1ccc(F)cc1F. The fraction of sp³-hybridized carbons (Fsp3) is 0.286. The van der Waals surface area contributed by atoms with E-state index in [1.54, 1.807) is 11.3 Å². The molecule has 0 fully saturated rings. The van der Waals surface area contributed by atoms with Crippen molar-refractivity contribution in [2.24, 2.45) is 0 Å². The molecule has 18 heavy (non-hydrogen) atoms. The van der Waals surface area contributed by atoms with Crippen molar-refractivity contribution in [3.8, 4) is 0 Å². The Morgan fingerprint density at radius 1 is 1.28 bits per heavy atom. The van der Waals surface area contributed by atoms with Crippen LogP contribution in [0.3, 0.4) is 0 Å². The Morgan fingerprint density at radius 2 is 2.06 bits per heavy atom. The first-order valence-electron chi connectivity index (χ1n) is 5.85. The number of hydrogen-bond acceptors (Lipinski definition) is 2. The summed E-state index contributed by atoms with van der Waals surface area (Å²) in [5.74, 6) is -1.06. The highest BCUT2D eigenvalue weighted by molar-refractivity contribution is 7.10. The van der Waals surface area contributed by atoms with Gasteiger partial charge in [-0.25, -0.2) is 8.78 Å². The lowest BCUT2D eigenvalue weighted by molar-refractivity contribution is 0.541. The standard InChI is InChI=1S/C14H15F2NS/c1-3-17-14(10-6-9(2)18-8-10)12-5-4-11(15)7-13(12)16/h4-8,14,17H,3H2,1-2H3. The minimum absolute atomic E-state index is 0.222. The maximum Gasteiger partial charge on any atom is 0.131 e. The molecule has 1 nitrogen and oxygen atoms in total. The third-order valence-corrected chi connectivity index (χ3v) is 3.65. The Morgan fingerprint density at radius 3 is 2.61 bits per heavy atom. The zero-order valence-electron chi connectivity index (χ0n) is 10.3. The molecular weight excluding hydrogens is 252 g/mol. The molecule has 2 rings (SSSR count). The Balaban J connectivity index is 2.41. The van der Waals surface area contributed by atoms with Gasteiger partial charge in [0.2, 0.25) is 0 Å². The molecule has 0 aliphatic rings. The van der Waals surface area contributed by atoms with E-state index in [-0.39, 0.29) is 6.04 Å². The summed E-state index contributed by atoms with van der Waals surface area (Å²) in [5.41, 5.74) is 1.50. The van der Waals surface area contributed by atoms with Crippen molar-refractivity contribution in [1.29, 1.82) is 0 Å². The average Bonchev–Trinajstić information content (AvgIpc) is 2.73. The predicted octanol–water partition coefficient (Wildman–Crippen LogP) is 4.03. The van der Waals surface area contributed by atoms with E-state index < -0.39 is 11.6 Å². The van der Waals surface area contributed by atoms with Gasteiger partial charge in [-0.05, 0) is 36.5 Å². The van der Waals surface area contributed by atoms with Gasteiger partial charge >= 0.3 is 0 Å². The van der Waals surface area contributed by atoms with Crippen molar-refractivity contribution in [3.63, 3.8) is 0 Å². The third-order valence-electron chi connectivity index (χ3n) is 2.77. The summed E-state index contributed by atoms with van der Waals surface area (Å²) >= 11 is 1.63. The largest absolute Gasteiger partial charge is 0.306 e. The van der Waals surface area contributed by atoms with Crippen LogP contribution >= 0.6 is 11.3 Å². The van der Waals surface area contributed by atoms with Crippen LogP contribution in [-0.2, 0) is 0 Å². The van der Waals surface area contributed by atoms with Crippen LogP contribution in [0.1, 0.15) is 29.0 Å². The Bertz CT molecular complexity index is 536. The smallest absolute Gasteiger partial charge is 0.131 e. The minimum Gasteiger partial charge on any atom is -0.306 e. The van der Waals surface area contributed by atoms with Gasteiger partial charge in [0.05, 0.1) is 6.04 Å². The highest BCUT2D eigenvalue weighted by Crippen LogP contribution is 2.28. The molecule has 96 valence electrons. The average molecular weight is 267 g/mol. The van der Waals surface area contributed by atoms with Gasteiger partial charge in [0.15, 0.2) is 0 Å². The van der Waals surface area contributed by atoms with E-state index in [4.69, 9.17) is 0 Å². The molecule has 1 atom stereocenters. The van der Waals surface area contributed by atoms with Gasteiger partial charge in [-0.3, -0.25) is 0 Å². The summed E-state index contributed by atoms with van der Waals surface area (Å²) in [4.78, 5) is 1.18. The molecule has 0 saturated carbocycles. The van der Waals surface area contributed by atoms with Gasteiger partial charge in [0.1, 0.15) is 11.6 Å². The summed E-state index contributed by atoms with van der Waals surface area (Å²) < 4.78 is 26.8. The number of hydrogen-bond donors (Lipinski definition) is 1. The summed E-state index contributed by atoms with van der Waals surface area (Å²) in [6.07, 6.45) is 0. The Kier molecular flexibility index (Phi) is 4.09. The van der Waals surface area contributed by atoms with Crippen LogP contribution in [0, 0.1) is 18.6 Å². The van der Waals surface area contributed by atoms with E-state index in [9.17, 15) is 8.78 Å². The first kappa shape index (κ1) is 13.2. The lowest BCUT2D eigenvalue weighted by Crippen LogP contribution is -2.22. The quantitative estimate of drug-likeness (QED) is 0.881. The fourth-order valence-corrected chi connectivity index (χ4v) is 2.69. The van der Waals surface area contributed by atoms with Crippen LogP contribution in [0.15, 0.2) is 29.6 Å². The zero-order valence-corrected chi connectivity index (χ0v) is 11.2. The molecule has 0 saturated heterocycles. The summed E-state index contributed by atoms with van der Waals surface area (Å²) in [6.45, 7) is 4.70. The molecule has 2 aromatic rings. The van der Waals surface area contributed by atoms with Crippen LogP contribution < -0.4 is 5.32 Å². The molecule has 1 aromatic carbocycles. The van der Waals surface area contributed by atoms with E-state index >= 15 is 0 Å². The van der Waals surface area contributed by atoms with E-state index in [1.807, 2.05) is 25.3 Å². The maximum atomic E-state index is 13.8. The molecule has 0 aliphatic carbocycles. The number of nitrogens with one attached hydrogen (secondary N) is 1. The Labute approximate surface area is 109 Å². The number of benzene rings is 1. The van der Waals surface area contributed by atoms with Gasteiger partial charge in [0, 0.05) is 16.5 Å². The number of rotatable bonds is 4. The van der Waals surface area contributed by atoms with E-state index in [0.29, 0.717) is 5.56 Å². The first-order valence-corrected chi connectivity index (χ1v) is 6.73. The van der Waals surface area contributed by atoms with E-state index in [1.165, 1.54) is 17.0 Å². The molecule has 0 radical (unpaired) electrons. The molecule has 0 aliphatic heterocycles. The molecule has 1 aromatic heterocycles. The van der Waals surface area contributed by atoms with Crippen molar-refractivity contribution in [1.82, 2.24) is 5.32 Å². The van der Waals surface area contributed by atoms with E-state index in [0.717, 1.165) is 18.2 Å². The van der Waals surface area contributed by atoms with Crippen molar-refractivity contribution in [2.75, 3.05) is 6.54 Å². The normalized spacial score (nSPS) is 12.7. The third kappa shape index (κ3) is 2.76. The number of thiophene rings is 1. The highest BCUT2D eigenvalue weighted by Gasteiger charge is 2.18. The predicted molar refractivity (Wildman–Crippen MR) is 70.9 cm³/mol. The van der Waals surface area contributed by atoms with Crippen LogP contribution in [0.4, 0.5) is 8.78 Å². The molecule has 0 spiro atoms. The fourth-order valence-electron chi connectivity index (χ4n) is 1.96. The van der Waals surface area contributed by atoms with Gasteiger partial charge in [0.25, 0.3) is 0 Å². The molecule has 0 bridgehead atoms. The minimum atomic E-state index is -0.548. The molecule has 4 heteroatoms. The van der Waals surface area contributed by atoms with Crippen molar-refractivity contribution in [3.05, 3.63) is 57.3 Å². The van der Waals surface area contributed by atoms with Crippen LogP contribution in [-0.4, -0.2) is 6.54 Å². The van der Waals surface area contributed by atoms with Crippen LogP contribution in [0.2, 0.25) is 0 Å². The second-order valence-electron chi connectivity index (χ2n) is 4.15. The van der Waals surface area contributed by atoms with Gasteiger partial charge < -0.3 is 5.32 Å². The lowest BCUT2D eigenvalue weighted by atomic mass is 10.0. The van der Waals surface area contributed by atoms with Gasteiger partial charge in [-0.1, -0.05) is 13.0 Å². The second-order valence-corrected chi connectivity index (χ2v) is 5.26. The monoisotopic (exact) mass is 267 g/mol. The molecule has 1 heterocycles. The molecule has 1 N–H and O–H groups in total. The molecular formula is C14H15F2NS. The molecule has 1 unspecified atom stereocenters. The Hall–Kier alpha value is -1.26. The lowest BCUT2D eigenvalue weighted by Gasteiger charge is -2.18. The highest BCUT2D eigenvalue weighted by atomic mass is 32.1. The van der Waals surface area contributed by atoms with Crippen LogP contribution in [0.5, 0.6) is 0 Å². The van der Waals surface area contributed by atoms with Crippen molar-refractivity contribution < 1.29 is 8.78 Å². The maximum absolute atomic E-state index is 13.8. The number of aryl methyl sites for hydroxylation is 1. The summed E-state index contributed by atoms with van der Waals surface area (Å²) in [5, 5.41) is 5.24. The van der Waals surface area contributed by atoms with Crippen molar-refractivity contribution in [2.45, 2.75) is 19.9 Å². The van der Waals surface area contributed by atoms with Crippen LogP contribution in [0.25, 0.3) is 0 Å². The summed E-state index contributed by atoms with van der Waals surface area (Å²) in [6, 6.07) is 5.53. The van der Waals surface area contributed by atoms with E-state index in [2.05, 4.69) is 5.32 Å².